The van der Waals surface area contributed by atoms with Gasteiger partial charge in [0, 0.05) is 40.5 Å². The highest BCUT2D eigenvalue weighted by atomic mass is 35.5. The summed E-state index contributed by atoms with van der Waals surface area (Å²) < 4.78 is 18.2. The Balaban J connectivity index is 1.12. The molecule has 0 aliphatic carbocycles. The van der Waals surface area contributed by atoms with E-state index in [2.05, 4.69) is 31.4 Å². The van der Waals surface area contributed by atoms with Crippen molar-refractivity contribution in [3.05, 3.63) is 89.8 Å². The number of ether oxygens (including phenoxy) is 3. The van der Waals surface area contributed by atoms with Crippen molar-refractivity contribution in [3.63, 3.8) is 0 Å². The molecule has 0 saturated heterocycles. The van der Waals surface area contributed by atoms with Crippen LogP contribution in [0.4, 0.5) is 26.8 Å². The number of nitrogens with one attached hydrogen (secondary N) is 2. The van der Waals surface area contributed by atoms with Gasteiger partial charge in [0.2, 0.25) is 0 Å². The zero-order chi connectivity index (χ0) is 32.6. The van der Waals surface area contributed by atoms with Crippen LogP contribution in [0.2, 0.25) is 5.02 Å². The fraction of sp³-hybridized carbons (Fsp3) is 0.242. The Labute approximate surface area is 276 Å². The summed E-state index contributed by atoms with van der Waals surface area (Å²) in [6.45, 7) is 8.25. The molecular weight excluding hydrogens is 628 g/mol. The van der Waals surface area contributed by atoms with Crippen LogP contribution >= 0.6 is 23.4 Å². The Morgan fingerprint density at radius 3 is 2.43 bits per heavy atom. The second kappa shape index (κ2) is 12.5. The van der Waals surface area contributed by atoms with Crippen molar-refractivity contribution in [1.29, 1.82) is 0 Å². The lowest BCUT2D eigenvalue weighted by Gasteiger charge is -2.23. The maximum Gasteiger partial charge on any atom is 0.416 e. The molecule has 2 N–H and O–H groups in total. The van der Waals surface area contributed by atoms with Crippen LogP contribution in [0.1, 0.15) is 33.4 Å². The van der Waals surface area contributed by atoms with Crippen molar-refractivity contribution in [3.8, 4) is 22.9 Å². The zero-order valence-corrected chi connectivity index (χ0v) is 27.5. The Morgan fingerprint density at radius 1 is 0.978 bits per heavy atom. The molecule has 0 fully saturated rings. The monoisotopic (exact) mass is 660 g/mol. The fourth-order valence-electron chi connectivity index (χ4n) is 4.90. The number of nitrogens with zero attached hydrogens (tertiary/aromatic N) is 4. The maximum absolute atomic E-state index is 13.1. The van der Waals surface area contributed by atoms with E-state index in [1.54, 1.807) is 78.0 Å². The first kappa shape index (κ1) is 31.2. The van der Waals surface area contributed by atoms with Gasteiger partial charge >= 0.3 is 12.1 Å². The molecule has 3 heterocycles. The second-order valence-corrected chi connectivity index (χ2v) is 13.0. The van der Waals surface area contributed by atoms with Crippen molar-refractivity contribution in [2.45, 2.75) is 43.5 Å². The molecule has 2 aliphatic rings. The van der Waals surface area contributed by atoms with Gasteiger partial charge in [0.15, 0.2) is 5.50 Å². The quantitative estimate of drug-likeness (QED) is 0.203. The molecule has 6 rings (SSSR count). The van der Waals surface area contributed by atoms with Gasteiger partial charge in [-0.05, 0) is 61.5 Å². The molecule has 0 radical (unpaired) electrons. The predicted octanol–water partition coefficient (Wildman–Crippen LogP) is 8.41. The number of amides is 3. The third-order valence-corrected chi connectivity index (χ3v) is 8.79. The van der Waals surface area contributed by atoms with E-state index in [4.69, 9.17) is 30.9 Å². The van der Waals surface area contributed by atoms with E-state index in [9.17, 15) is 9.59 Å². The van der Waals surface area contributed by atoms with E-state index in [0.717, 1.165) is 16.3 Å². The fourth-order valence-corrected chi connectivity index (χ4v) is 6.38. The van der Waals surface area contributed by atoms with E-state index in [1.807, 2.05) is 41.4 Å². The molecule has 3 amide bonds. The standard InChI is InChI=1S/C33H33ClN6O5S/c1-6-44-32(42)39-16-15-38-25-18-23(12-14-27(25)46-31(38)39)45-22-10-7-20(8-11-22)35-30(41)36-29-19-28(33(2,3)4)37-40(29)21-9-13-26(43-5)24(34)17-21/h7-19,31H,6H2,1-5H3,(H2,35,36,41). The van der Waals surface area contributed by atoms with Gasteiger partial charge in [0.25, 0.3) is 0 Å². The number of hydrogen-bond acceptors (Lipinski definition) is 8. The highest BCUT2D eigenvalue weighted by Crippen LogP contribution is 2.49. The van der Waals surface area contributed by atoms with E-state index in [-0.39, 0.29) is 17.0 Å². The number of hydrogen-bond donors (Lipinski definition) is 2. The van der Waals surface area contributed by atoms with Crippen molar-refractivity contribution in [1.82, 2.24) is 14.7 Å². The molecule has 0 spiro atoms. The van der Waals surface area contributed by atoms with Crippen molar-refractivity contribution in [2.24, 2.45) is 0 Å². The number of aromatic nitrogens is 2. The van der Waals surface area contributed by atoms with Crippen molar-refractivity contribution < 1.29 is 23.8 Å². The van der Waals surface area contributed by atoms with Gasteiger partial charge in [-0.25, -0.2) is 14.3 Å². The molecule has 0 bridgehead atoms. The van der Waals surface area contributed by atoms with Crippen LogP contribution in [0.5, 0.6) is 17.2 Å². The number of urea groups is 1. The number of halogens is 1. The predicted molar refractivity (Wildman–Crippen MR) is 180 cm³/mol. The van der Waals surface area contributed by atoms with Crippen LogP contribution < -0.4 is 25.0 Å². The topological polar surface area (TPSA) is 110 Å². The summed E-state index contributed by atoms with van der Waals surface area (Å²) in [6.07, 6.45) is 3.20. The summed E-state index contributed by atoms with van der Waals surface area (Å²) >= 11 is 7.94. The first-order chi connectivity index (χ1) is 22.0. The summed E-state index contributed by atoms with van der Waals surface area (Å²) in [4.78, 5) is 30.0. The van der Waals surface area contributed by atoms with E-state index in [1.165, 1.54) is 0 Å². The average molecular weight is 661 g/mol. The number of thioether (sulfide) groups is 1. The number of carbonyl (C=O) groups is 2. The Morgan fingerprint density at radius 2 is 1.74 bits per heavy atom. The average Bonchev–Trinajstić information content (AvgIpc) is 3.72. The Hall–Kier alpha value is -4.81. The van der Waals surface area contributed by atoms with Crippen LogP contribution in [0.25, 0.3) is 5.69 Å². The lowest BCUT2D eigenvalue weighted by atomic mass is 9.92. The summed E-state index contributed by atoms with van der Waals surface area (Å²) in [5.41, 5.74) is 2.51. The molecule has 1 atom stereocenters. The van der Waals surface area contributed by atoms with Crippen molar-refractivity contribution in [2.75, 3.05) is 29.3 Å². The smallest absolute Gasteiger partial charge is 0.416 e. The summed E-state index contributed by atoms with van der Waals surface area (Å²) in [5, 5.41) is 11.0. The van der Waals surface area contributed by atoms with Crippen LogP contribution in [-0.4, -0.2) is 46.0 Å². The molecule has 2 aliphatic heterocycles. The van der Waals surface area contributed by atoms with Gasteiger partial charge in [-0.1, -0.05) is 44.1 Å². The van der Waals surface area contributed by atoms with Gasteiger partial charge in [-0.15, -0.1) is 0 Å². The highest BCUT2D eigenvalue weighted by molar-refractivity contribution is 8.00. The molecule has 46 heavy (non-hydrogen) atoms. The van der Waals surface area contributed by atoms with Crippen LogP contribution in [0, 0.1) is 0 Å². The lowest BCUT2D eigenvalue weighted by molar-refractivity contribution is 0.122. The van der Waals surface area contributed by atoms with Gasteiger partial charge in [-0.3, -0.25) is 10.2 Å². The molecule has 3 aromatic carbocycles. The number of carbonyl (C=O) groups excluding carboxylic acids is 2. The number of fused-ring (bicyclic) bond motifs is 3. The normalized spacial score (nSPS) is 15.0. The molecule has 0 saturated carbocycles. The summed E-state index contributed by atoms with van der Waals surface area (Å²) in [7, 11) is 1.55. The minimum absolute atomic E-state index is 0.228. The minimum Gasteiger partial charge on any atom is -0.495 e. The van der Waals surface area contributed by atoms with Gasteiger partial charge in [0.1, 0.15) is 23.1 Å². The molecule has 238 valence electrons. The summed E-state index contributed by atoms with van der Waals surface area (Å²) in [6, 6.07) is 19.6. The molecule has 1 aromatic heterocycles. The molecule has 4 aromatic rings. The Bertz CT molecular complexity index is 1820. The third-order valence-electron chi connectivity index (χ3n) is 7.23. The number of anilines is 3. The minimum atomic E-state index is -0.434. The first-order valence-corrected chi connectivity index (χ1v) is 15.8. The van der Waals surface area contributed by atoms with E-state index < -0.39 is 6.03 Å². The molecule has 13 heteroatoms. The third kappa shape index (κ3) is 6.31. The van der Waals surface area contributed by atoms with E-state index in [0.29, 0.717) is 46.1 Å². The Kier molecular flexibility index (Phi) is 8.49. The maximum atomic E-state index is 13.1. The van der Waals surface area contributed by atoms with Gasteiger partial charge in [-0.2, -0.15) is 5.10 Å². The largest absolute Gasteiger partial charge is 0.495 e. The first-order valence-electron chi connectivity index (χ1n) is 14.6. The molecule has 1 unspecified atom stereocenters. The van der Waals surface area contributed by atoms with Gasteiger partial charge in [0.05, 0.1) is 35.8 Å². The highest BCUT2D eigenvalue weighted by Gasteiger charge is 2.39. The lowest BCUT2D eigenvalue weighted by Crippen LogP contribution is -2.37. The second-order valence-electron chi connectivity index (χ2n) is 11.5. The molecule has 11 nitrogen and oxygen atoms in total. The number of benzene rings is 3. The SMILES string of the molecule is CCOC(=O)N1C=CN2c3cc(Oc4ccc(NC(=O)Nc5cc(C(C)(C)C)nn5-c5ccc(OC)c(Cl)c5)cc4)ccc3SC12. The molecular formula is C33H33ClN6O5S. The van der Waals surface area contributed by atoms with Crippen LogP contribution in [0.3, 0.4) is 0 Å². The van der Waals surface area contributed by atoms with Gasteiger partial charge < -0.3 is 24.4 Å². The van der Waals surface area contributed by atoms with E-state index >= 15 is 0 Å². The van der Waals surface area contributed by atoms with Crippen molar-refractivity contribution >= 4 is 52.7 Å². The number of rotatable bonds is 7. The van der Waals surface area contributed by atoms with Crippen LogP contribution in [-0.2, 0) is 10.2 Å². The summed E-state index contributed by atoms with van der Waals surface area (Å²) in [5.74, 6) is 2.27. The van der Waals surface area contributed by atoms with Crippen LogP contribution in [0.15, 0.2) is 84.0 Å². The number of methoxy groups -OCH3 is 1. The zero-order valence-electron chi connectivity index (χ0n) is 25.9.